The topological polar surface area (TPSA) is 9.86 Å². The minimum Gasteiger partial charge on any atom is -0.309 e. The van der Waals surface area contributed by atoms with Crippen LogP contribution in [0.4, 0.5) is 0 Å². The van der Waals surface area contributed by atoms with Crippen LogP contribution in [0.5, 0.6) is 0 Å². The normalized spacial score (nSPS) is 14.1. The van der Waals surface area contributed by atoms with E-state index in [4.69, 9.17) is 0 Å². The van der Waals surface area contributed by atoms with Crippen molar-refractivity contribution in [1.29, 1.82) is 0 Å². The van der Waals surface area contributed by atoms with E-state index in [1.54, 1.807) is 0 Å². The van der Waals surface area contributed by atoms with Crippen molar-refractivity contribution in [2.45, 2.75) is 78.6 Å². The van der Waals surface area contributed by atoms with Gasteiger partial charge >= 0.3 is 0 Å². The Labute approximate surface area is 261 Å². The number of aromatic nitrogens is 2. The smallest absolute Gasteiger partial charge is 0.0548 e. The molecule has 0 aliphatic heterocycles. The first-order chi connectivity index (χ1) is 21.4. The third kappa shape index (κ3) is 4.54. The zero-order valence-corrected chi connectivity index (χ0v) is 27.1. The van der Waals surface area contributed by atoms with Gasteiger partial charge in [0, 0.05) is 32.9 Å². The van der Waals surface area contributed by atoms with Gasteiger partial charge in [-0.15, -0.1) is 0 Å². The molecule has 5 aromatic carbocycles. The summed E-state index contributed by atoms with van der Waals surface area (Å²) in [6.45, 7) is 13.8. The predicted molar refractivity (Wildman–Crippen MR) is 191 cm³/mol. The van der Waals surface area contributed by atoms with Gasteiger partial charge in [-0.25, -0.2) is 0 Å². The molecular weight excluding hydrogens is 532 g/mol. The van der Waals surface area contributed by atoms with E-state index >= 15 is 0 Å². The lowest BCUT2D eigenvalue weighted by atomic mass is 9.96. The minimum atomic E-state index is 0.520. The Balaban J connectivity index is 1.60. The maximum absolute atomic E-state index is 2.50. The van der Waals surface area contributed by atoms with Gasteiger partial charge in [0.05, 0.1) is 22.1 Å². The first-order valence-electron chi connectivity index (χ1n) is 16.6. The molecule has 0 aliphatic carbocycles. The van der Waals surface area contributed by atoms with E-state index in [1.807, 2.05) is 0 Å². The Morgan fingerprint density at radius 2 is 0.795 bits per heavy atom. The number of benzene rings is 5. The van der Waals surface area contributed by atoms with E-state index in [0.717, 1.165) is 19.3 Å². The molecule has 0 saturated carbocycles. The second-order valence-electron chi connectivity index (χ2n) is 13.0. The van der Waals surface area contributed by atoms with Gasteiger partial charge in [-0.3, -0.25) is 0 Å². The molecular formula is C42H44N2. The summed E-state index contributed by atoms with van der Waals surface area (Å²) in [5, 5.41) is 5.28. The van der Waals surface area contributed by atoms with Crippen molar-refractivity contribution in [1.82, 2.24) is 9.13 Å². The molecule has 7 aromatic rings. The van der Waals surface area contributed by atoms with E-state index in [1.165, 1.54) is 71.7 Å². The Morgan fingerprint density at radius 1 is 0.409 bits per heavy atom. The first-order valence-corrected chi connectivity index (χ1v) is 16.6. The van der Waals surface area contributed by atoms with E-state index in [9.17, 15) is 0 Å². The van der Waals surface area contributed by atoms with Crippen LogP contribution >= 0.6 is 0 Å². The maximum Gasteiger partial charge on any atom is 0.0548 e. The summed E-state index contributed by atoms with van der Waals surface area (Å²) in [7, 11) is 0. The number of hydrogen-bond donors (Lipinski definition) is 0. The average molecular weight is 577 g/mol. The Morgan fingerprint density at radius 3 is 1.25 bits per heavy atom. The number of rotatable bonds is 8. The van der Waals surface area contributed by atoms with Crippen molar-refractivity contribution in [3.63, 3.8) is 0 Å². The molecule has 2 heteroatoms. The fourth-order valence-electron chi connectivity index (χ4n) is 6.97. The Hall–Kier alpha value is -4.30. The third-order valence-corrected chi connectivity index (χ3v) is 10.4. The molecule has 3 atom stereocenters. The van der Waals surface area contributed by atoms with Gasteiger partial charge in [-0.05, 0) is 114 Å². The quantitative estimate of drug-likeness (QED) is 0.170. The number of nitrogens with zero attached hydrogens (tertiary/aromatic N) is 2. The predicted octanol–water partition coefficient (Wildman–Crippen LogP) is 12.4. The first kappa shape index (κ1) is 28.5. The minimum absolute atomic E-state index is 0.520. The van der Waals surface area contributed by atoms with Crippen LogP contribution in [-0.2, 0) is 0 Å². The van der Waals surface area contributed by atoms with E-state index < -0.39 is 0 Å². The van der Waals surface area contributed by atoms with Crippen molar-refractivity contribution >= 4 is 43.6 Å². The Kier molecular flexibility index (Phi) is 7.33. The summed E-state index contributed by atoms with van der Waals surface area (Å²) in [6, 6.07) is 39.4. The van der Waals surface area contributed by atoms with Crippen LogP contribution in [0.2, 0.25) is 0 Å². The highest BCUT2D eigenvalue weighted by atomic mass is 15.0. The lowest BCUT2D eigenvalue weighted by Crippen LogP contribution is -1.97. The molecule has 44 heavy (non-hydrogen) atoms. The summed E-state index contributed by atoms with van der Waals surface area (Å²) in [4.78, 5) is 0. The zero-order chi connectivity index (χ0) is 30.5. The van der Waals surface area contributed by atoms with Gasteiger partial charge in [0.25, 0.3) is 0 Å². The van der Waals surface area contributed by atoms with Crippen LogP contribution in [-0.4, -0.2) is 9.13 Å². The molecule has 0 spiro atoms. The van der Waals surface area contributed by atoms with Crippen LogP contribution in [0.25, 0.3) is 55.0 Å². The van der Waals surface area contributed by atoms with Crippen molar-refractivity contribution in [2.24, 2.45) is 0 Å². The van der Waals surface area contributed by atoms with Crippen molar-refractivity contribution < 1.29 is 0 Å². The van der Waals surface area contributed by atoms with Crippen molar-refractivity contribution in [3.8, 4) is 11.4 Å². The fourth-order valence-corrected chi connectivity index (χ4v) is 6.97. The highest BCUT2D eigenvalue weighted by Crippen LogP contribution is 2.41. The molecule has 0 amide bonds. The molecule has 0 fully saturated rings. The number of para-hydroxylation sites is 1. The SMILES string of the molecule is CCC(C)c1ccc(-n2c3ccc(C(C)CC)cc3c3cc4c(cc32)c2cc(C(C)CC)ccc2n4-c2ccccc2)cc1. The number of fused-ring (bicyclic) bond motifs is 6. The van der Waals surface area contributed by atoms with Gasteiger partial charge in [0.1, 0.15) is 0 Å². The molecule has 0 radical (unpaired) electrons. The zero-order valence-electron chi connectivity index (χ0n) is 27.1. The van der Waals surface area contributed by atoms with Gasteiger partial charge in [-0.2, -0.15) is 0 Å². The second-order valence-corrected chi connectivity index (χ2v) is 13.0. The van der Waals surface area contributed by atoms with Crippen LogP contribution in [0.3, 0.4) is 0 Å². The molecule has 0 N–H and O–H groups in total. The molecule has 0 saturated heterocycles. The standard InChI is InChI=1S/C42H44N2/c1-7-27(4)30-15-19-34(20-16-30)44-40-22-18-32(29(6)9-3)24-36(40)38-25-41-37(26-42(38)44)35-23-31(28(5)8-2)17-21-39(35)43(41)33-13-11-10-12-14-33/h10-29H,7-9H2,1-6H3. The van der Waals surface area contributed by atoms with Crippen molar-refractivity contribution in [2.75, 3.05) is 0 Å². The lowest BCUT2D eigenvalue weighted by Gasteiger charge is -2.13. The highest BCUT2D eigenvalue weighted by Gasteiger charge is 2.20. The monoisotopic (exact) mass is 576 g/mol. The summed E-state index contributed by atoms with van der Waals surface area (Å²) in [5.74, 6) is 1.60. The largest absolute Gasteiger partial charge is 0.309 e. The fraction of sp³-hybridized carbons (Fsp3) is 0.286. The molecule has 222 valence electrons. The van der Waals surface area contributed by atoms with Crippen LogP contribution in [0.1, 0.15) is 95.2 Å². The van der Waals surface area contributed by atoms with Crippen LogP contribution in [0.15, 0.2) is 103 Å². The molecule has 2 heterocycles. The summed E-state index contributed by atoms with van der Waals surface area (Å²) >= 11 is 0. The van der Waals surface area contributed by atoms with Crippen molar-refractivity contribution in [3.05, 3.63) is 120 Å². The molecule has 0 aliphatic rings. The maximum atomic E-state index is 2.50. The van der Waals surface area contributed by atoms with E-state index in [0.29, 0.717) is 17.8 Å². The molecule has 0 bridgehead atoms. The van der Waals surface area contributed by atoms with Gasteiger partial charge in [0.15, 0.2) is 0 Å². The third-order valence-electron chi connectivity index (χ3n) is 10.4. The van der Waals surface area contributed by atoms with Crippen LogP contribution in [0, 0.1) is 0 Å². The molecule has 3 unspecified atom stereocenters. The number of hydrogen-bond acceptors (Lipinski definition) is 0. The van der Waals surface area contributed by atoms with Gasteiger partial charge in [0.2, 0.25) is 0 Å². The summed E-state index contributed by atoms with van der Waals surface area (Å²) < 4.78 is 4.96. The summed E-state index contributed by atoms with van der Waals surface area (Å²) in [5.41, 5.74) is 11.7. The highest BCUT2D eigenvalue weighted by molar-refractivity contribution is 6.19. The van der Waals surface area contributed by atoms with Crippen LogP contribution < -0.4 is 0 Å². The second kappa shape index (κ2) is 11.3. The lowest BCUT2D eigenvalue weighted by molar-refractivity contribution is 0.733. The van der Waals surface area contributed by atoms with Gasteiger partial charge in [-0.1, -0.05) is 84.0 Å². The van der Waals surface area contributed by atoms with E-state index in [2.05, 4.69) is 154 Å². The molecule has 7 rings (SSSR count). The van der Waals surface area contributed by atoms with Gasteiger partial charge < -0.3 is 9.13 Å². The summed E-state index contributed by atoms with van der Waals surface area (Å²) in [6.07, 6.45) is 3.41. The van der Waals surface area contributed by atoms with E-state index in [-0.39, 0.29) is 0 Å². The Bertz CT molecular complexity index is 2110. The molecule has 2 aromatic heterocycles. The average Bonchev–Trinajstić information content (AvgIpc) is 3.57. The molecule has 2 nitrogen and oxygen atoms in total.